The SMILES string of the molecule is CC1=CC(=O)C2(CC1=O)C(C)CCC(O)C2(C)C. The van der Waals surface area contributed by atoms with E-state index in [1.54, 1.807) is 6.92 Å². The van der Waals surface area contributed by atoms with Crippen molar-refractivity contribution >= 4 is 11.6 Å². The molecule has 100 valence electrons. The second kappa shape index (κ2) is 4.02. The van der Waals surface area contributed by atoms with Gasteiger partial charge in [0.1, 0.15) is 0 Å². The first-order chi connectivity index (χ1) is 8.23. The largest absolute Gasteiger partial charge is 0.393 e. The summed E-state index contributed by atoms with van der Waals surface area (Å²) >= 11 is 0. The van der Waals surface area contributed by atoms with Crippen molar-refractivity contribution in [1.29, 1.82) is 0 Å². The summed E-state index contributed by atoms with van der Waals surface area (Å²) in [5.74, 6) is 0.205. The number of aliphatic hydroxyl groups excluding tert-OH is 1. The number of hydrogen-bond acceptors (Lipinski definition) is 3. The minimum absolute atomic E-state index is 0.0239. The van der Waals surface area contributed by atoms with Gasteiger partial charge in [-0.05, 0) is 37.3 Å². The molecule has 3 nitrogen and oxygen atoms in total. The summed E-state index contributed by atoms with van der Waals surface area (Å²) in [5.41, 5.74) is -0.718. The van der Waals surface area contributed by atoms with Crippen molar-refractivity contribution in [3.05, 3.63) is 11.6 Å². The molecule has 0 aromatic carbocycles. The monoisotopic (exact) mass is 250 g/mol. The number of hydrogen-bond donors (Lipinski definition) is 1. The van der Waals surface area contributed by atoms with E-state index in [4.69, 9.17) is 0 Å². The van der Waals surface area contributed by atoms with Crippen LogP contribution in [0.2, 0.25) is 0 Å². The van der Waals surface area contributed by atoms with Crippen molar-refractivity contribution in [2.45, 2.75) is 53.1 Å². The van der Waals surface area contributed by atoms with Gasteiger partial charge in [0.25, 0.3) is 0 Å². The molecule has 3 atom stereocenters. The zero-order valence-electron chi connectivity index (χ0n) is 11.6. The van der Waals surface area contributed by atoms with Crippen molar-refractivity contribution in [3.63, 3.8) is 0 Å². The number of allylic oxidation sites excluding steroid dienone is 2. The van der Waals surface area contributed by atoms with E-state index in [2.05, 4.69) is 0 Å². The maximum Gasteiger partial charge on any atom is 0.163 e. The molecule has 0 aliphatic heterocycles. The van der Waals surface area contributed by atoms with Crippen LogP contribution in [-0.2, 0) is 9.59 Å². The predicted octanol–water partition coefficient (Wildman–Crippen LogP) is 2.28. The highest BCUT2D eigenvalue weighted by Crippen LogP contribution is 2.57. The molecule has 0 heterocycles. The van der Waals surface area contributed by atoms with Gasteiger partial charge in [-0.15, -0.1) is 0 Å². The Morgan fingerprint density at radius 2 is 1.89 bits per heavy atom. The zero-order chi connectivity index (χ0) is 13.7. The molecule has 2 rings (SSSR count). The fraction of sp³-hybridized carbons (Fsp3) is 0.733. The lowest BCUT2D eigenvalue weighted by Gasteiger charge is -2.55. The Bertz CT molecular complexity index is 433. The molecule has 0 bridgehead atoms. The minimum atomic E-state index is -0.721. The van der Waals surface area contributed by atoms with Crippen LogP contribution in [0, 0.1) is 16.7 Å². The van der Waals surface area contributed by atoms with E-state index in [1.165, 1.54) is 6.08 Å². The van der Waals surface area contributed by atoms with Gasteiger partial charge in [0.05, 0.1) is 11.5 Å². The van der Waals surface area contributed by atoms with E-state index < -0.39 is 16.9 Å². The van der Waals surface area contributed by atoms with E-state index in [0.29, 0.717) is 12.0 Å². The van der Waals surface area contributed by atoms with Crippen LogP contribution in [0.15, 0.2) is 11.6 Å². The molecule has 2 aliphatic carbocycles. The fourth-order valence-electron chi connectivity index (χ4n) is 3.80. The number of ketones is 2. The highest BCUT2D eigenvalue weighted by molar-refractivity contribution is 6.11. The smallest absolute Gasteiger partial charge is 0.163 e. The van der Waals surface area contributed by atoms with Crippen LogP contribution in [0.5, 0.6) is 0 Å². The van der Waals surface area contributed by atoms with Crippen LogP contribution >= 0.6 is 0 Å². The molecule has 1 saturated carbocycles. The highest BCUT2D eigenvalue weighted by Gasteiger charge is 2.60. The second-order valence-electron chi connectivity index (χ2n) is 6.48. The third-order valence-corrected chi connectivity index (χ3v) is 5.36. The summed E-state index contributed by atoms with van der Waals surface area (Å²) < 4.78 is 0. The number of Topliss-reactive ketones (excluding diaryl/α,β-unsaturated/α-hetero) is 1. The van der Waals surface area contributed by atoms with Crippen LogP contribution in [-0.4, -0.2) is 22.8 Å². The van der Waals surface area contributed by atoms with Crippen LogP contribution in [0.3, 0.4) is 0 Å². The summed E-state index contributed by atoms with van der Waals surface area (Å²) in [7, 11) is 0. The Morgan fingerprint density at radius 1 is 1.28 bits per heavy atom. The van der Waals surface area contributed by atoms with Crippen molar-refractivity contribution in [1.82, 2.24) is 0 Å². The van der Waals surface area contributed by atoms with Crippen molar-refractivity contribution in [3.8, 4) is 0 Å². The molecule has 2 aliphatic rings. The first kappa shape index (κ1) is 13.5. The summed E-state index contributed by atoms with van der Waals surface area (Å²) in [4.78, 5) is 24.6. The summed E-state index contributed by atoms with van der Waals surface area (Å²) in [6.45, 7) is 7.58. The molecule has 0 amide bonds. The standard InChI is InChI=1S/C15H22O3/c1-9-7-13(18)15(8-11(9)16)10(2)5-6-12(17)14(15,3)4/h7,10,12,17H,5-6,8H2,1-4H3. The average molecular weight is 250 g/mol. The zero-order valence-corrected chi connectivity index (χ0v) is 11.6. The number of carbonyl (C=O) groups is 2. The third-order valence-electron chi connectivity index (χ3n) is 5.36. The molecule has 18 heavy (non-hydrogen) atoms. The van der Waals surface area contributed by atoms with Gasteiger partial charge in [-0.25, -0.2) is 0 Å². The molecule has 1 fully saturated rings. The van der Waals surface area contributed by atoms with E-state index >= 15 is 0 Å². The maximum absolute atomic E-state index is 12.6. The second-order valence-corrected chi connectivity index (χ2v) is 6.48. The lowest BCUT2D eigenvalue weighted by Crippen LogP contribution is -2.59. The number of aliphatic hydroxyl groups is 1. The van der Waals surface area contributed by atoms with Gasteiger partial charge < -0.3 is 5.11 Å². The molecular formula is C15H22O3. The molecule has 0 saturated heterocycles. The van der Waals surface area contributed by atoms with Gasteiger partial charge in [-0.2, -0.15) is 0 Å². The Hall–Kier alpha value is -0.960. The van der Waals surface area contributed by atoms with Crippen molar-refractivity contribution < 1.29 is 14.7 Å². The Morgan fingerprint density at radius 3 is 2.50 bits per heavy atom. The van der Waals surface area contributed by atoms with E-state index in [-0.39, 0.29) is 23.9 Å². The molecule has 1 spiro atoms. The van der Waals surface area contributed by atoms with Crippen LogP contribution in [0.4, 0.5) is 0 Å². The molecule has 0 radical (unpaired) electrons. The van der Waals surface area contributed by atoms with Gasteiger partial charge in [-0.3, -0.25) is 9.59 Å². The molecule has 0 aromatic heterocycles. The predicted molar refractivity (Wildman–Crippen MR) is 69.0 cm³/mol. The first-order valence-electron chi connectivity index (χ1n) is 6.67. The molecule has 0 aromatic rings. The summed E-state index contributed by atoms with van der Waals surface area (Å²) in [6, 6.07) is 0. The highest BCUT2D eigenvalue weighted by atomic mass is 16.3. The number of rotatable bonds is 0. The lowest BCUT2D eigenvalue weighted by molar-refractivity contribution is -0.163. The van der Waals surface area contributed by atoms with E-state index in [1.807, 2.05) is 20.8 Å². The van der Waals surface area contributed by atoms with Gasteiger partial charge >= 0.3 is 0 Å². The molecular weight excluding hydrogens is 228 g/mol. The lowest BCUT2D eigenvalue weighted by atomic mass is 9.47. The van der Waals surface area contributed by atoms with Gasteiger partial charge in [0.15, 0.2) is 11.6 Å². The van der Waals surface area contributed by atoms with Crippen molar-refractivity contribution in [2.24, 2.45) is 16.7 Å². The van der Waals surface area contributed by atoms with Crippen LogP contribution < -0.4 is 0 Å². The summed E-state index contributed by atoms with van der Waals surface area (Å²) in [5, 5.41) is 10.3. The molecule has 3 unspecified atom stereocenters. The van der Waals surface area contributed by atoms with Crippen LogP contribution in [0.1, 0.15) is 47.0 Å². The molecule has 1 N–H and O–H groups in total. The van der Waals surface area contributed by atoms with E-state index in [0.717, 1.165) is 6.42 Å². The number of carbonyl (C=O) groups excluding carboxylic acids is 2. The topological polar surface area (TPSA) is 54.4 Å². The van der Waals surface area contributed by atoms with E-state index in [9.17, 15) is 14.7 Å². The Kier molecular flexibility index (Phi) is 3.01. The van der Waals surface area contributed by atoms with Crippen LogP contribution in [0.25, 0.3) is 0 Å². The van der Waals surface area contributed by atoms with Crippen molar-refractivity contribution in [2.75, 3.05) is 0 Å². The van der Waals surface area contributed by atoms with Gasteiger partial charge in [-0.1, -0.05) is 20.8 Å². The van der Waals surface area contributed by atoms with Gasteiger partial charge in [0, 0.05) is 11.8 Å². The minimum Gasteiger partial charge on any atom is -0.393 e. The average Bonchev–Trinajstić information content (AvgIpc) is 2.28. The maximum atomic E-state index is 12.6. The first-order valence-corrected chi connectivity index (χ1v) is 6.67. The quantitative estimate of drug-likeness (QED) is 0.717. The Balaban J connectivity index is 2.57. The molecule has 3 heteroatoms. The normalized spacial score (nSPS) is 39.9. The van der Waals surface area contributed by atoms with Gasteiger partial charge in [0.2, 0.25) is 0 Å². The Labute approximate surface area is 108 Å². The third kappa shape index (κ3) is 1.53. The summed E-state index contributed by atoms with van der Waals surface area (Å²) in [6.07, 6.45) is 2.73. The fourth-order valence-corrected chi connectivity index (χ4v) is 3.80.